The third kappa shape index (κ3) is 4.07. The predicted octanol–water partition coefficient (Wildman–Crippen LogP) is 0.900. The second-order valence-electron chi connectivity index (χ2n) is 5.91. The number of likely N-dealkylation sites (tertiary alicyclic amines) is 1. The molecule has 0 bridgehead atoms. The number of methoxy groups -OCH3 is 1. The number of amides is 2. The number of carbonyl (C=O) groups is 2. The lowest BCUT2D eigenvalue weighted by Gasteiger charge is -2.16. The third-order valence-electron chi connectivity index (χ3n) is 3.79. The van der Waals surface area contributed by atoms with Gasteiger partial charge in [0.15, 0.2) is 0 Å². The van der Waals surface area contributed by atoms with Crippen molar-refractivity contribution in [2.45, 2.75) is 38.6 Å². The van der Waals surface area contributed by atoms with Crippen molar-refractivity contribution in [2.75, 3.05) is 26.8 Å². The molecule has 1 fully saturated rings. The number of ether oxygens (including phenoxy) is 1. The SMILES string of the molecule is COCCC(=O)NC1CCN(C(=O)c2cc(C(C)C)n[nH]2)C1. The van der Waals surface area contributed by atoms with Crippen molar-refractivity contribution in [3.63, 3.8) is 0 Å². The van der Waals surface area contributed by atoms with E-state index in [2.05, 4.69) is 15.5 Å². The Labute approximate surface area is 130 Å². The van der Waals surface area contributed by atoms with Crippen LogP contribution in [0, 0.1) is 0 Å². The fourth-order valence-electron chi connectivity index (χ4n) is 2.47. The summed E-state index contributed by atoms with van der Waals surface area (Å²) in [6.07, 6.45) is 1.12. The molecule has 7 nitrogen and oxygen atoms in total. The number of nitrogens with zero attached hydrogens (tertiary/aromatic N) is 2. The molecule has 0 spiro atoms. The quantitative estimate of drug-likeness (QED) is 0.817. The fraction of sp³-hybridized carbons (Fsp3) is 0.667. The molecule has 22 heavy (non-hydrogen) atoms. The summed E-state index contributed by atoms with van der Waals surface area (Å²) in [6.45, 7) is 5.66. The van der Waals surface area contributed by atoms with Gasteiger partial charge in [-0.1, -0.05) is 13.8 Å². The maximum absolute atomic E-state index is 12.4. The van der Waals surface area contributed by atoms with Crippen LogP contribution in [-0.2, 0) is 9.53 Å². The van der Waals surface area contributed by atoms with Crippen LogP contribution in [0.1, 0.15) is 48.8 Å². The van der Waals surface area contributed by atoms with E-state index in [0.717, 1.165) is 12.1 Å². The molecular weight excluding hydrogens is 284 g/mol. The Hall–Kier alpha value is -1.89. The molecule has 0 saturated carbocycles. The van der Waals surface area contributed by atoms with Gasteiger partial charge in [0.1, 0.15) is 5.69 Å². The number of carbonyl (C=O) groups excluding carboxylic acids is 2. The molecule has 2 amide bonds. The monoisotopic (exact) mass is 308 g/mol. The smallest absolute Gasteiger partial charge is 0.271 e. The first-order chi connectivity index (χ1) is 10.5. The van der Waals surface area contributed by atoms with Gasteiger partial charge in [-0.2, -0.15) is 5.10 Å². The van der Waals surface area contributed by atoms with Crippen molar-refractivity contribution < 1.29 is 14.3 Å². The van der Waals surface area contributed by atoms with Crippen molar-refractivity contribution in [2.24, 2.45) is 0 Å². The highest BCUT2D eigenvalue weighted by Crippen LogP contribution is 2.16. The van der Waals surface area contributed by atoms with Gasteiger partial charge in [0.2, 0.25) is 5.91 Å². The second-order valence-corrected chi connectivity index (χ2v) is 5.91. The van der Waals surface area contributed by atoms with E-state index >= 15 is 0 Å². The number of hydrogen-bond acceptors (Lipinski definition) is 4. The summed E-state index contributed by atoms with van der Waals surface area (Å²) < 4.78 is 4.88. The van der Waals surface area contributed by atoms with Gasteiger partial charge in [0, 0.05) is 32.7 Å². The van der Waals surface area contributed by atoms with E-state index < -0.39 is 0 Å². The molecule has 1 aromatic heterocycles. The Balaban J connectivity index is 1.86. The molecule has 1 aromatic rings. The lowest BCUT2D eigenvalue weighted by Crippen LogP contribution is -2.38. The van der Waals surface area contributed by atoms with Crippen LogP contribution in [0.3, 0.4) is 0 Å². The van der Waals surface area contributed by atoms with E-state index in [1.807, 2.05) is 13.8 Å². The van der Waals surface area contributed by atoms with Crippen molar-refractivity contribution in [3.8, 4) is 0 Å². The molecule has 1 aliphatic heterocycles. The molecule has 1 unspecified atom stereocenters. The van der Waals surface area contributed by atoms with Gasteiger partial charge in [-0.25, -0.2) is 0 Å². The summed E-state index contributed by atoms with van der Waals surface area (Å²) >= 11 is 0. The van der Waals surface area contributed by atoms with Gasteiger partial charge in [0.25, 0.3) is 5.91 Å². The number of nitrogens with one attached hydrogen (secondary N) is 2. The van der Waals surface area contributed by atoms with Crippen LogP contribution >= 0.6 is 0 Å². The number of hydrogen-bond donors (Lipinski definition) is 2. The maximum atomic E-state index is 12.4. The predicted molar refractivity (Wildman–Crippen MR) is 81.6 cm³/mol. The number of rotatable bonds is 6. The Bertz CT molecular complexity index is 527. The lowest BCUT2D eigenvalue weighted by molar-refractivity contribution is -0.122. The highest BCUT2D eigenvalue weighted by molar-refractivity contribution is 5.92. The van der Waals surface area contributed by atoms with Crippen LogP contribution in [0.4, 0.5) is 0 Å². The van der Waals surface area contributed by atoms with Gasteiger partial charge in [-0.15, -0.1) is 0 Å². The maximum Gasteiger partial charge on any atom is 0.271 e. The molecule has 2 rings (SSSR count). The minimum atomic E-state index is -0.0620. The standard InChI is InChI=1S/C15H24N4O3/c1-10(2)12-8-13(18-17-12)15(21)19-6-4-11(9-19)16-14(20)5-7-22-3/h8,10-11H,4-7,9H2,1-3H3,(H,16,20)(H,17,18). The van der Waals surface area contributed by atoms with E-state index in [1.54, 1.807) is 18.1 Å². The average Bonchev–Trinajstić information content (AvgIpc) is 3.13. The van der Waals surface area contributed by atoms with Crippen molar-refractivity contribution in [3.05, 3.63) is 17.5 Å². The highest BCUT2D eigenvalue weighted by atomic mass is 16.5. The van der Waals surface area contributed by atoms with Crippen LogP contribution in [-0.4, -0.2) is 59.8 Å². The largest absolute Gasteiger partial charge is 0.384 e. The van der Waals surface area contributed by atoms with Crippen LogP contribution in [0.2, 0.25) is 0 Å². The van der Waals surface area contributed by atoms with Crippen molar-refractivity contribution in [1.29, 1.82) is 0 Å². The molecule has 2 heterocycles. The highest BCUT2D eigenvalue weighted by Gasteiger charge is 2.28. The number of H-pyrrole nitrogens is 1. The van der Waals surface area contributed by atoms with Crippen molar-refractivity contribution >= 4 is 11.8 Å². The normalized spacial score (nSPS) is 18.0. The summed E-state index contributed by atoms with van der Waals surface area (Å²) in [6, 6.07) is 1.82. The molecule has 7 heteroatoms. The molecule has 2 N–H and O–H groups in total. The molecular formula is C15H24N4O3. The topological polar surface area (TPSA) is 87.3 Å². The summed E-state index contributed by atoms with van der Waals surface area (Å²) in [5.41, 5.74) is 1.39. The Kier molecular flexibility index (Phi) is 5.54. The zero-order valence-corrected chi connectivity index (χ0v) is 13.4. The molecule has 0 aromatic carbocycles. The van der Waals surface area contributed by atoms with Crippen LogP contribution < -0.4 is 5.32 Å². The van der Waals surface area contributed by atoms with Crippen LogP contribution in [0.15, 0.2) is 6.07 Å². The molecule has 1 aliphatic rings. The van der Waals surface area contributed by atoms with Crippen molar-refractivity contribution in [1.82, 2.24) is 20.4 Å². The van der Waals surface area contributed by atoms with Gasteiger partial charge in [-0.05, 0) is 18.4 Å². The zero-order chi connectivity index (χ0) is 16.1. The van der Waals surface area contributed by atoms with Gasteiger partial charge in [0.05, 0.1) is 12.3 Å². The van der Waals surface area contributed by atoms with E-state index in [1.165, 1.54) is 0 Å². The first kappa shape index (κ1) is 16.5. The summed E-state index contributed by atoms with van der Waals surface area (Å²) in [5.74, 6) is 0.182. The summed E-state index contributed by atoms with van der Waals surface area (Å²) in [7, 11) is 1.57. The molecule has 1 atom stereocenters. The Morgan fingerprint density at radius 1 is 1.55 bits per heavy atom. The molecule has 122 valence electrons. The number of aromatic nitrogens is 2. The molecule has 1 saturated heterocycles. The first-order valence-corrected chi connectivity index (χ1v) is 7.64. The summed E-state index contributed by atoms with van der Waals surface area (Å²) in [4.78, 5) is 25.8. The van der Waals surface area contributed by atoms with Crippen LogP contribution in [0.5, 0.6) is 0 Å². The fourth-order valence-corrected chi connectivity index (χ4v) is 2.47. The van der Waals surface area contributed by atoms with Gasteiger partial charge >= 0.3 is 0 Å². The molecule has 0 radical (unpaired) electrons. The third-order valence-corrected chi connectivity index (χ3v) is 3.79. The van der Waals surface area contributed by atoms with Gasteiger partial charge < -0.3 is 15.0 Å². The Morgan fingerprint density at radius 2 is 2.32 bits per heavy atom. The second kappa shape index (κ2) is 7.40. The van der Waals surface area contributed by atoms with E-state index in [9.17, 15) is 9.59 Å². The zero-order valence-electron chi connectivity index (χ0n) is 13.4. The van der Waals surface area contributed by atoms with E-state index in [0.29, 0.717) is 31.8 Å². The lowest BCUT2D eigenvalue weighted by atomic mass is 10.1. The summed E-state index contributed by atoms with van der Waals surface area (Å²) in [5, 5.41) is 9.89. The Morgan fingerprint density at radius 3 is 2.95 bits per heavy atom. The van der Waals surface area contributed by atoms with E-state index in [-0.39, 0.29) is 23.8 Å². The van der Waals surface area contributed by atoms with Gasteiger partial charge in [-0.3, -0.25) is 14.7 Å². The molecule has 0 aliphatic carbocycles. The number of aromatic amines is 1. The first-order valence-electron chi connectivity index (χ1n) is 7.64. The minimum absolute atomic E-state index is 0.0146. The van der Waals surface area contributed by atoms with Crippen LogP contribution in [0.25, 0.3) is 0 Å². The van der Waals surface area contributed by atoms with E-state index in [4.69, 9.17) is 4.74 Å². The minimum Gasteiger partial charge on any atom is -0.384 e. The average molecular weight is 308 g/mol.